The van der Waals surface area contributed by atoms with Gasteiger partial charge in [-0.2, -0.15) is 9.50 Å². The second-order valence-corrected chi connectivity index (χ2v) is 10.2. The first-order valence-electron chi connectivity index (χ1n) is 12.5. The molecule has 0 spiro atoms. The maximum absolute atomic E-state index is 13.8. The first-order chi connectivity index (χ1) is 18.7. The number of amides is 1. The van der Waals surface area contributed by atoms with Crippen LogP contribution in [0.5, 0.6) is 0 Å². The summed E-state index contributed by atoms with van der Waals surface area (Å²) < 4.78 is 28.8. The molecule has 2 aromatic heterocycles. The molecule has 9 nitrogen and oxygen atoms in total. The SMILES string of the molecule is CCc1cccc(CNC[C@@H](O)[C@H](Cc2cc(F)cc(F)c2)NC(=O)CSc2nc3nc(C)cc(=O)n3[nH]2)c1. The summed E-state index contributed by atoms with van der Waals surface area (Å²) >= 11 is 1.06. The number of hydrogen-bond donors (Lipinski definition) is 4. The number of carbonyl (C=O) groups excluding carboxylic acids is 1. The Balaban J connectivity index is 1.40. The predicted molar refractivity (Wildman–Crippen MR) is 145 cm³/mol. The number of halogens is 2. The van der Waals surface area contributed by atoms with E-state index in [1.165, 1.54) is 28.3 Å². The van der Waals surface area contributed by atoms with Crippen molar-refractivity contribution in [2.75, 3.05) is 12.3 Å². The van der Waals surface area contributed by atoms with Crippen LogP contribution in [-0.2, 0) is 24.2 Å². The van der Waals surface area contributed by atoms with Crippen molar-refractivity contribution in [3.05, 3.63) is 92.9 Å². The zero-order valence-corrected chi connectivity index (χ0v) is 22.4. The minimum Gasteiger partial charge on any atom is -0.390 e. The van der Waals surface area contributed by atoms with E-state index in [1.807, 2.05) is 18.2 Å². The van der Waals surface area contributed by atoms with Crippen molar-refractivity contribution in [1.29, 1.82) is 0 Å². The number of aliphatic hydroxyl groups excluding tert-OH is 1. The lowest BCUT2D eigenvalue weighted by atomic mass is 10.0. The molecule has 0 aliphatic carbocycles. The summed E-state index contributed by atoms with van der Waals surface area (Å²) in [4.78, 5) is 33.3. The number of benzene rings is 2. The number of aryl methyl sites for hydroxylation is 2. The molecule has 0 saturated carbocycles. The highest BCUT2D eigenvalue weighted by Crippen LogP contribution is 2.15. The second kappa shape index (κ2) is 13.0. The van der Waals surface area contributed by atoms with Crippen molar-refractivity contribution in [1.82, 2.24) is 30.2 Å². The van der Waals surface area contributed by atoms with Crippen molar-refractivity contribution in [2.45, 2.75) is 50.5 Å². The van der Waals surface area contributed by atoms with Crippen LogP contribution in [0.2, 0.25) is 0 Å². The van der Waals surface area contributed by atoms with Gasteiger partial charge in [0.1, 0.15) is 11.6 Å². The average Bonchev–Trinajstić information content (AvgIpc) is 3.30. The van der Waals surface area contributed by atoms with Crippen molar-refractivity contribution in [2.24, 2.45) is 0 Å². The van der Waals surface area contributed by atoms with Crippen molar-refractivity contribution in [3.8, 4) is 0 Å². The third kappa shape index (κ3) is 7.94. The fourth-order valence-corrected chi connectivity index (χ4v) is 4.81. The van der Waals surface area contributed by atoms with Gasteiger partial charge < -0.3 is 15.7 Å². The zero-order valence-electron chi connectivity index (χ0n) is 21.6. The number of thioether (sulfide) groups is 1. The van der Waals surface area contributed by atoms with Crippen LogP contribution < -0.4 is 16.2 Å². The summed E-state index contributed by atoms with van der Waals surface area (Å²) in [5.74, 6) is -1.78. The Labute approximate surface area is 228 Å². The molecule has 0 fully saturated rings. The molecule has 2 aromatic carbocycles. The Morgan fingerprint density at radius 1 is 1.10 bits per heavy atom. The third-order valence-corrected chi connectivity index (χ3v) is 6.91. The topological polar surface area (TPSA) is 124 Å². The van der Waals surface area contributed by atoms with Gasteiger partial charge in [-0.25, -0.2) is 13.8 Å². The van der Waals surface area contributed by atoms with Crippen molar-refractivity contribution >= 4 is 23.4 Å². The van der Waals surface area contributed by atoms with Crippen LogP contribution >= 0.6 is 11.8 Å². The zero-order chi connectivity index (χ0) is 27.9. The van der Waals surface area contributed by atoms with E-state index in [0.29, 0.717) is 23.0 Å². The lowest BCUT2D eigenvalue weighted by Gasteiger charge is -2.25. The molecule has 0 aliphatic rings. The monoisotopic (exact) mass is 556 g/mol. The van der Waals surface area contributed by atoms with Crippen LogP contribution in [0.1, 0.15) is 29.3 Å². The van der Waals surface area contributed by atoms with E-state index >= 15 is 0 Å². The highest BCUT2D eigenvalue weighted by molar-refractivity contribution is 7.99. The van der Waals surface area contributed by atoms with Crippen LogP contribution in [0.25, 0.3) is 5.78 Å². The van der Waals surface area contributed by atoms with Crippen LogP contribution in [-0.4, -0.2) is 55.0 Å². The van der Waals surface area contributed by atoms with Crippen LogP contribution in [0.15, 0.2) is 58.5 Å². The van der Waals surface area contributed by atoms with E-state index in [4.69, 9.17) is 0 Å². The van der Waals surface area contributed by atoms with Gasteiger partial charge in [0.15, 0.2) is 5.16 Å². The number of H-pyrrole nitrogens is 1. The van der Waals surface area contributed by atoms with E-state index in [1.54, 1.807) is 6.92 Å². The second-order valence-electron chi connectivity index (χ2n) is 9.22. The van der Waals surface area contributed by atoms with E-state index in [-0.39, 0.29) is 30.1 Å². The van der Waals surface area contributed by atoms with E-state index in [0.717, 1.165) is 29.8 Å². The number of fused-ring (bicyclic) bond motifs is 1. The summed E-state index contributed by atoms with van der Waals surface area (Å²) in [5, 5.41) is 20.0. The molecule has 0 radical (unpaired) electrons. The molecule has 2 heterocycles. The number of carbonyl (C=O) groups is 1. The molecular weight excluding hydrogens is 526 g/mol. The lowest BCUT2D eigenvalue weighted by molar-refractivity contribution is -0.120. The number of nitrogens with one attached hydrogen (secondary N) is 3. The molecule has 0 aliphatic heterocycles. The number of aromatic amines is 1. The van der Waals surface area contributed by atoms with Crippen molar-refractivity contribution in [3.63, 3.8) is 0 Å². The van der Waals surface area contributed by atoms with Gasteiger partial charge >= 0.3 is 0 Å². The Hall–Kier alpha value is -3.61. The van der Waals surface area contributed by atoms with Gasteiger partial charge in [-0.15, -0.1) is 0 Å². The smallest absolute Gasteiger partial charge is 0.274 e. The number of aromatic nitrogens is 4. The molecule has 0 saturated heterocycles. The average molecular weight is 557 g/mol. The van der Waals surface area contributed by atoms with Gasteiger partial charge in [0.2, 0.25) is 5.91 Å². The third-order valence-electron chi connectivity index (χ3n) is 6.05. The Kier molecular flexibility index (Phi) is 9.44. The molecule has 0 unspecified atom stereocenters. The Morgan fingerprint density at radius 3 is 2.59 bits per heavy atom. The molecule has 39 heavy (non-hydrogen) atoms. The molecule has 206 valence electrons. The molecule has 1 amide bonds. The predicted octanol–water partition coefficient (Wildman–Crippen LogP) is 2.54. The molecule has 4 aromatic rings. The normalized spacial score (nSPS) is 12.9. The quantitative estimate of drug-likeness (QED) is 0.198. The van der Waals surface area contributed by atoms with Gasteiger partial charge in [-0.1, -0.05) is 43.0 Å². The summed E-state index contributed by atoms with van der Waals surface area (Å²) in [7, 11) is 0. The molecule has 4 rings (SSSR count). The van der Waals surface area contributed by atoms with Gasteiger partial charge in [0.25, 0.3) is 11.3 Å². The summed E-state index contributed by atoms with van der Waals surface area (Å²) in [6.07, 6.45) is -0.118. The van der Waals surface area contributed by atoms with Crippen LogP contribution in [0, 0.1) is 18.6 Å². The van der Waals surface area contributed by atoms with Gasteiger partial charge in [0, 0.05) is 30.9 Å². The van der Waals surface area contributed by atoms with Crippen LogP contribution in [0.3, 0.4) is 0 Å². The maximum atomic E-state index is 13.8. The van der Waals surface area contributed by atoms with Gasteiger partial charge in [0.05, 0.1) is 17.9 Å². The largest absolute Gasteiger partial charge is 0.390 e. The van der Waals surface area contributed by atoms with Gasteiger partial charge in [-0.05, 0) is 48.6 Å². The fourth-order valence-electron chi connectivity index (χ4n) is 4.15. The molecule has 2 atom stereocenters. The highest BCUT2D eigenvalue weighted by Gasteiger charge is 2.23. The van der Waals surface area contributed by atoms with Gasteiger partial charge in [-0.3, -0.25) is 14.7 Å². The van der Waals surface area contributed by atoms with Crippen molar-refractivity contribution < 1.29 is 18.7 Å². The number of nitrogens with zero attached hydrogens (tertiary/aromatic N) is 3. The fraction of sp³-hybridized carbons (Fsp3) is 0.333. The highest BCUT2D eigenvalue weighted by atomic mass is 32.2. The minimum atomic E-state index is -1.04. The summed E-state index contributed by atoms with van der Waals surface area (Å²) in [6.45, 7) is 4.41. The molecule has 0 bridgehead atoms. The Bertz CT molecular complexity index is 1490. The number of aliphatic hydroxyl groups is 1. The molecule has 4 N–H and O–H groups in total. The standard InChI is InChI=1S/C27H30F2N6O3S/c1-3-17-5-4-6-18(8-17)13-30-14-23(36)22(11-19-9-20(28)12-21(29)10-19)32-24(37)15-39-27-33-26-31-16(2)7-25(38)35(26)34-27/h4-10,12,22-23,30,36H,3,11,13-15H2,1-2H3,(H,32,37)(H,31,33,34)/t22-,23+/m0/s1. The van der Waals surface area contributed by atoms with E-state index in [9.17, 15) is 23.5 Å². The Morgan fingerprint density at radius 2 is 1.85 bits per heavy atom. The first kappa shape index (κ1) is 28.4. The lowest BCUT2D eigenvalue weighted by Crippen LogP contribution is -2.49. The summed E-state index contributed by atoms with van der Waals surface area (Å²) in [5.41, 5.74) is 2.77. The molecule has 12 heteroatoms. The minimum absolute atomic E-state index is 0.0164. The molecular formula is C27H30F2N6O3S. The van der Waals surface area contributed by atoms with E-state index < -0.39 is 29.7 Å². The van der Waals surface area contributed by atoms with E-state index in [2.05, 4.69) is 38.7 Å². The van der Waals surface area contributed by atoms with Crippen LogP contribution in [0.4, 0.5) is 8.78 Å². The number of hydrogen-bond acceptors (Lipinski definition) is 7. The summed E-state index contributed by atoms with van der Waals surface area (Å²) in [6, 6.07) is 11.7. The number of rotatable bonds is 12. The first-order valence-corrected chi connectivity index (χ1v) is 13.5. The maximum Gasteiger partial charge on any atom is 0.274 e.